The number of hydrogen-bond donors (Lipinski definition) is 1. The first-order valence-electron chi connectivity index (χ1n) is 4.44. The van der Waals surface area contributed by atoms with Gasteiger partial charge >= 0.3 is 6.18 Å². The zero-order valence-electron chi connectivity index (χ0n) is 8.44. The van der Waals surface area contributed by atoms with Gasteiger partial charge < -0.3 is 5.32 Å². The summed E-state index contributed by atoms with van der Waals surface area (Å²) in [5.41, 5.74) is -0.985. The van der Waals surface area contributed by atoms with Crippen LogP contribution in [0, 0.1) is 12.3 Å². The van der Waals surface area contributed by atoms with Crippen LogP contribution in [0.25, 0.3) is 0 Å². The Morgan fingerprint density at radius 2 is 2.12 bits per heavy atom. The second-order valence-electron chi connectivity index (χ2n) is 3.08. The summed E-state index contributed by atoms with van der Waals surface area (Å²) in [6.45, 7) is -0.0402. The number of amides is 1. The molecule has 0 aliphatic rings. The molecule has 6 heteroatoms. The van der Waals surface area contributed by atoms with Crippen LogP contribution >= 0.6 is 15.9 Å². The van der Waals surface area contributed by atoms with Crippen molar-refractivity contribution in [2.45, 2.75) is 6.18 Å². The van der Waals surface area contributed by atoms with Gasteiger partial charge in [-0.2, -0.15) is 13.2 Å². The molecule has 0 radical (unpaired) electrons. The molecule has 0 aromatic heterocycles. The van der Waals surface area contributed by atoms with E-state index in [9.17, 15) is 18.0 Å². The fraction of sp³-hybridized carbons (Fsp3) is 0.182. The maximum absolute atomic E-state index is 12.4. The summed E-state index contributed by atoms with van der Waals surface area (Å²) in [5.74, 6) is 1.51. The van der Waals surface area contributed by atoms with Crippen molar-refractivity contribution < 1.29 is 18.0 Å². The van der Waals surface area contributed by atoms with E-state index in [1.165, 1.54) is 6.07 Å². The summed E-state index contributed by atoms with van der Waals surface area (Å²) in [7, 11) is 0. The van der Waals surface area contributed by atoms with Crippen LogP contribution in [-0.4, -0.2) is 12.5 Å². The lowest BCUT2D eigenvalue weighted by atomic mass is 10.1. The summed E-state index contributed by atoms with van der Waals surface area (Å²) in [6, 6.07) is 2.84. The molecule has 1 N–H and O–H groups in total. The second-order valence-corrected chi connectivity index (χ2v) is 3.93. The molecule has 1 aromatic rings. The third-order valence-electron chi connectivity index (χ3n) is 1.89. The van der Waals surface area contributed by atoms with Gasteiger partial charge in [-0.05, 0) is 34.1 Å². The van der Waals surface area contributed by atoms with Crippen LogP contribution in [0.15, 0.2) is 22.7 Å². The predicted octanol–water partition coefficient (Wildman–Crippen LogP) is 2.83. The van der Waals surface area contributed by atoms with Crippen molar-refractivity contribution in [1.82, 2.24) is 5.32 Å². The number of carbonyl (C=O) groups is 1. The summed E-state index contributed by atoms with van der Waals surface area (Å²) in [4.78, 5) is 11.5. The summed E-state index contributed by atoms with van der Waals surface area (Å²) >= 11 is 3.01. The molecule has 0 spiro atoms. The maximum Gasteiger partial charge on any atom is 0.416 e. The standard InChI is InChI=1S/C11H7BrF3NO/c1-2-5-16-10(17)8-6-7(11(13,14)15)3-4-9(8)12/h1,3-4,6H,5H2,(H,16,17). The fourth-order valence-corrected chi connectivity index (χ4v) is 1.53. The van der Waals surface area contributed by atoms with E-state index in [0.717, 1.165) is 12.1 Å². The number of alkyl halides is 3. The lowest BCUT2D eigenvalue weighted by Gasteiger charge is -2.10. The highest BCUT2D eigenvalue weighted by atomic mass is 79.9. The monoisotopic (exact) mass is 305 g/mol. The van der Waals surface area contributed by atoms with Gasteiger partial charge in [0.2, 0.25) is 0 Å². The first-order valence-corrected chi connectivity index (χ1v) is 5.24. The first kappa shape index (κ1) is 13.6. The average Bonchev–Trinajstić information content (AvgIpc) is 2.24. The number of nitrogens with one attached hydrogen (secondary N) is 1. The van der Waals surface area contributed by atoms with Crippen LogP contribution in [0.5, 0.6) is 0 Å². The second kappa shape index (κ2) is 5.23. The van der Waals surface area contributed by atoms with E-state index in [-0.39, 0.29) is 16.6 Å². The highest BCUT2D eigenvalue weighted by Gasteiger charge is 2.31. The number of carbonyl (C=O) groups excluding carboxylic acids is 1. The normalized spacial score (nSPS) is 10.8. The Morgan fingerprint density at radius 1 is 1.47 bits per heavy atom. The molecule has 0 aliphatic carbocycles. The van der Waals surface area contributed by atoms with E-state index in [1.54, 1.807) is 0 Å². The minimum Gasteiger partial charge on any atom is -0.341 e. The van der Waals surface area contributed by atoms with Crippen molar-refractivity contribution in [3.05, 3.63) is 33.8 Å². The molecule has 1 amide bonds. The fourth-order valence-electron chi connectivity index (χ4n) is 1.10. The van der Waals surface area contributed by atoms with Crippen molar-refractivity contribution in [2.24, 2.45) is 0 Å². The van der Waals surface area contributed by atoms with Crippen molar-refractivity contribution >= 4 is 21.8 Å². The van der Waals surface area contributed by atoms with E-state index in [2.05, 4.69) is 27.2 Å². The highest BCUT2D eigenvalue weighted by molar-refractivity contribution is 9.10. The molecule has 1 aromatic carbocycles. The van der Waals surface area contributed by atoms with Gasteiger partial charge in [-0.15, -0.1) is 6.42 Å². The topological polar surface area (TPSA) is 29.1 Å². The molecule has 0 fully saturated rings. The van der Waals surface area contributed by atoms with Crippen LogP contribution in [0.2, 0.25) is 0 Å². The molecule has 0 saturated carbocycles. The SMILES string of the molecule is C#CCNC(=O)c1cc(C(F)(F)F)ccc1Br. The van der Waals surface area contributed by atoms with Crippen LogP contribution < -0.4 is 5.32 Å². The Morgan fingerprint density at radius 3 is 2.65 bits per heavy atom. The summed E-state index contributed by atoms with van der Waals surface area (Å²) in [5, 5.41) is 2.30. The van der Waals surface area contributed by atoms with Crippen molar-refractivity contribution in [2.75, 3.05) is 6.54 Å². The highest BCUT2D eigenvalue weighted by Crippen LogP contribution is 2.31. The first-order chi connectivity index (χ1) is 7.86. The van der Waals surface area contributed by atoms with Crippen LogP contribution in [-0.2, 0) is 6.18 Å². The van der Waals surface area contributed by atoms with Gasteiger partial charge in [0.05, 0.1) is 17.7 Å². The smallest absolute Gasteiger partial charge is 0.341 e. The molecule has 0 saturated heterocycles. The van der Waals surface area contributed by atoms with Crippen molar-refractivity contribution in [3.8, 4) is 12.3 Å². The van der Waals surface area contributed by atoms with Gasteiger partial charge in [0.15, 0.2) is 0 Å². The Kier molecular flexibility index (Phi) is 4.18. The van der Waals surface area contributed by atoms with Gasteiger partial charge in [0, 0.05) is 4.47 Å². The van der Waals surface area contributed by atoms with E-state index in [4.69, 9.17) is 6.42 Å². The minimum absolute atomic E-state index is 0.0402. The number of hydrogen-bond acceptors (Lipinski definition) is 1. The molecule has 0 bridgehead atoms. The van der Waals surface area contributed by atoms with Gasteiger partial charge in [-0.25, -0.2) is 0 Å². The van der Waals surface area contributed by atoms with Crippen molar-refractivity contribution in [1.29, 1.82) is 0 Å². The van der Waals surface area contributed by atoms with Crippen molar-refractivity contribution in [3.63, 3.8) is 0 Å². The summed E-state index contributed by atoms with van der Waals surface area (Å²) < 4.78 is 37.6. The third-order valence-corrected chi connectivity index (χ3v) is 2.58. The molecule has 90 valence electrons. The van der Waals surface area contributed by atoms with Gasteiger partial charge in [0.1, 0.15) is 0 Å². The molecular weight excluding hydrogens is 299 g/mol. The summed E-state index contributed by atoms with van der Waals surface area (Å²) in [6.07, 6.45) is 0.451. The molecule has 0 atom stereocenters. The third kappa shape index (κ3) is 3.49. The predicted molar refractivity (Wildman–Crippen MR) is 60.3 cm³/mol. The van der Waals surface area contributed by atoms with E-state index in [0.29, 0.717) is 0 Å². The Bertz CT molecular complexity index is 477. The van der Waals surface area contributed by atoms with Crippen LogP contribution in [0.3, 0.4) is 0 Å². The van der Waals surface area contributed by atoms with Gasteiger partial charge in [0.25, 0.3) is 5.91 Å². The number of halogens is 4. The number of terminal acetylenes is 1. The average molecular weight is 306 g/mol. The maximum atomic E-state index is 12.4. The Hall–Kier alpha value is -1.48. The van der Waals surface area contributed by atoms with Crippen LogP contribution in [0.1, 0.15) is 15.9 Å². The molecule has 2 nitrogen and oxygen atoms in total. The molecular formula is C11H7BrF3NO. The number of benzene rings is 1. The molecule has 0 aliphatic heterocycles. The molecule has 1 rings (SSSR count). The lowest BCUT2D eigenvalue weighted by Crippen LogP contribution is -2.24. The zero-order valence-corrected chi connectivity index (χ0v) is 10.0. The van der Waals surface area contributed by atoms with E-state index >= 15 is 0 Å². The largest absolute Gasteiger partial charge is 0.416 e. The van der Waals surface area contributed by atoms with E-state index in [1.807, 2.05) is 0 Å². The molecule has 0 heterocycles. The Labute approximate surface area is 104 Å². The lowest BCUT2D eigenvalue weighted by molar-refractivity contribution is -0.137. The minimum atomic E-state index is -4.48. The molecule has 0 unspecified atom stereocenters. The van der Waals surface area contributed by atoms with Crippen LogP contribution in [0.4, 0.5) is 13.2 Å². The zero-order chi connectivity index (χ0) is 13.1. The van der Waals surface area contributed by atoms with E-state index < -0.39 is 17.6 Å². The van der Waals surface area contributed by atoms with Gasteiger partial charge in [-0.3, -0.25) is 4.79 Å². The Balaban J connectivity index is 3.07. The van der Waals surface area contributed by atoms with Gasteiger partial charge in [-0.1, -0.05) is 5.92 Å². The quantitative estimate of drug-likeness (QED) is 0.837. The number of rotatable bonds is 2. The molecule has 17 heavy (non-hydrogen) atoms.